The number of nitro groups is 1. The molecule has 0 aliphatic carbocycles. The second-order valence-corrected chi connectivity index (χ2v) is 4.66. The van der Waals surface area contributed by atoms with Crippen molar-refractivity contribution in [3.05, 3.63) is 39.0 Å². The summed E-state index contributed by atoms with van der Waals surface area (Å²) in [7, 11) is 0. The zero-order valence-electron chi connectivity index (χ0n) is 11.8. The molecule has 0 unspecified atom stereocenters. The molecule has 122 valence electrons. The molecule has 0 aliphatic rings. The molecule has 0 aromatic carbocycles. The van der Waals surface area contributed by atoms with Gasteiger partial charge in [-0.3, -0.25) is 4.79 Å². The van der Waals surface area contributed by atoms with Crippen LogP contribution in [0.15, 0.2) is 17.5 Å². The minimum atomic E-state index is -0.761. The summed E-state index contributed by atoms with van der Waals surface area (Å²) < 4.78 is 15.8. The van der Waals surface area contributed by atoms with Crippen molar-refractivity contribution in [1.82, 2.24) is 25.0 Å². The molecule has 2 aromatic heterocycles. The molecule has 0 bridgehead atoms. The van der Waals surface area contributed by atoms with E-state index in [1.807, 2.05) is 0 Å². The second kappa shape index (κ2) is 6.96. The van der Waals surface area contributed by atoms with E-state index in [1.165, 1.54) is 6.20 Å². The van der Waals surface area contributed by atoms with E-state index in [1.54, 1.807) is 6.92 Å². The number of carbonyl (C=O) groups is 1. The summed E-state index contributed by atoms with van der Waals surface area (Å²) >= 11 is 5.60. The van der Waals surface area contributed by atoms with Crippen LogP contribution < -0.4 is 5.43 Å². The van der Waals surface area contributed by atoms with Crippen molar-refractivity contribution in [2.45, 2.75) is 20.0 Å². The van der Waals surface area contributed by atoms with Crippen LogP contribution in [0.5, 0.6) is 0 Å². The van der Waals surface area contributed by atoms with Crippen LogP contribution in [0, 0.1) is 16.1 Å². The van der Waals surface area contributed by atoms with E-state index in [-0.39, 0.29) is 17.1 Å². The largest absolute Gasteiger partial charge is 0.408 e. The van der Waals surface area contributed by atoms with Crippen molar-refractivity contribution in [2.75, 3.05) is 0 Å². The molecule has 12 heteroatoms. The lowest BCUT2D eigenvalue weighted by Gasteiger charge is -1.97. The van der Waals surface area contributed by atoms with Crippen LogP contribution in [0.3, 0.4) is 0 Å². The predicted molar refractivity (Wildman–Crippen MR) is 77.5 cm³/mol. The van der Waals surface area contributed by atoms with Gasteiger partial charge in [-0.05, 0) is 11.8 Å². The predicted octanol–water partition coefficient (Wildman–Crippen LogP) is 0.950. The van der Waals surface area contributed by atoms with E-state index in [2.05, 4.69) is 20.7 Å². The maximum absolute atomic E-state index is 13.6. The highest BCUT2D eigenvalue weighted by Crippen LogP contribution is 2.20. The lowest BCUT2D eigenvalue weighted by Crippen LogP contribution is -2.23. The van der Waals surface area contributed by atoms with Gasteiger partial charge in [0.25, 0.3) is 5.91 Å². The summed E-state index contributed by atoms with van der Waals surface area (Å²) in [4.78, 5) is 21.5. The fraction of sp³-hybridized carbons (Fsp3) is 0.273. The van der Waals surface area contributed by atoms with Crippen molar-refractivity contribution in [2.24, 2.45) is 5.10 Å². The van der Waals surface area contributed by atoms with Crippen molar-refractivity contribution in [3.63, 3.8) is 0 Å². The molecule has 1 N–H and O–H groups in total. The van der Waals surface area contributed by atoms with Crippen molar-refractivity contribution >= 4 is 29.5 Å². The van der Waals surface area contributed by atoms with Crippen LogP contribution in [0.4, 0.5) is 10.2 Å². The third kappa shape index (κ3) is 3.88. The number of hydrogen-bond donors (Lipinski definition) is 1. The molecule has 0 aliphatic heterocycles. The smallest absolute Gasteiger partial charge is 0.358 e. The molecule has 2 heterocycles. The van der Waals surface area contributed by atoms with Crippen molar-refractivity contribution in [1.29, 1.82) is 0 Å². The van der Waals surface area contributed by atoms with Crippen molar-refractivity contribution < 1.29 is 14.1 Å². The number of carbonyl (C=O) groups excluding carboxylic acids is 1. The van der Waals surface area contributed by atoms with Gasteiger partial charge in [0.15, 0.2) is 5.02 Å². The SMILES string of the molecule is CCn1ncc(/C=N\NC(=O)Cn2cc(Cl)c([N+](=O)[O-])n2)c1F. The fourth-order valence-corrected chi connectivity index (χ4v) is 1.86. The Kier molecular flexibility index (Phi) is 5.01. The Hall–Kier alpha value is -2.82. The summed E-state index contributed by atoms with van der Waals surface area (Å²) in [5.74, 6) is -1.73. The van der Waals surface area contributed by atoms with Crippen LogP contribution in [0.2, 0.25) is 5.02 Å². The molecular formula is C11H11ClFN7O3. The van der Waals surface area contributed by atoms with Crippen molar-refractivity contribution in [3.8, 4) is 0 Å². The Morgan fingerprint density at radius 2 is 2.39 bits per heavy atom. The summed E-state index contributed by atoms with van der Waals surface area (Å²) in [6.45, 7) is 1.76. The Bertz CT molecular complexity index is 770. The number of halogens is 2. The normalized spacial score (nSPS) is 11.1. The van der Waals surface area contributed by atoms with E-state index < -0.39 is 22.6 Å². The minimum Gasteiger partial charge on any atom is -0.358 e. The second-order valence-electron chi connectivity index (χ2n) is 4.25. The van der Waals surface area contributed by atoms with E-state index in [9.17, 15) is 19.3 Å². The summed E-state index contributed by atoms with van der Waals surface area (Å²) in [6, 6.07) is 0. The summed E-state index contributed by atoms with van der Waals surface area (Å²) in [5.41, 5.74) is 2.26. The van der Waals surface area contributed by atoms with Gasteiger partial charge < -0.3 is 10.1 Å². The van der Waals surface area contributed by atoms with Gasteiger partial charge in [0.05, 0.1) is 29.3 Å². The molecule has 0 atom stereocenters. The maximum atomic E-state index is 13.6. The molecule has 0 saturated heterocycles. The van der Waals surface area contributed by atoms with Crippen LogP contribution >= 0.6 is 11.6 Å². The van der Waals surface area contributed by atoms with E-state index in [0.29, 0.717) is 6.54 Å². The Morgan fingerprint density at radius 3 is 2.96 bits per heavy atom. The number of nitrogens with one attached hydrogen (secondary N) is 1. The first-order chi connectivity index (χ1) is 10.9. The molecule has 0 saturated carbocycles. The lowest BCUT2D eigenvalue weighted by atomic mass is 10.4. The number of amides is 1. The van der Waals surface area contributed by atoms with Gasteiger partial charge in [-0.1, -0.05) is 11.6 Å². The topological polar surface area (TPSA) is 120 Å². The highest BCUT2D eigenvalue weighted by atomic mass is 35.5. The zero-order valence-corrected chi connectivity index (χ0v) is 12.6. The Morgan fingerprint density at radius 1 is 1.65 bits per heavy atom. The number of hydrogen-bond acceptors (Lipinski definition) is 6. The molecule has 0 fully saturated rings. The maximum Gasteiger partial charge on any atom is 0.408 e. The highest BCUT2D eigenvalue weighted by Gasteiger charge is 2.20. The quantitative estimate of drug-likeness (QED) is 0.475. The Balaban J connectivity index is 1.94. The standard InChI is InChI=1S/C11H11ClFN7O3/c1-2-19-10(13)7(4-15-19)3-14-16-9(21)6-18-5-8(12)11(17-18)20(22)23/h3-5H,2,6H2,1H3,(H,16,21)/b14-3-. The van der Waals surface area contributed by atoms with Crippen LogP contribution in [-0.4, -0.2) is 36.6 Å². The first-order valence-electron chi connectivity index (χ1n) is 6.33. The number of nitrogens with zero attached hydrogens (tertiary/aromatic N) is 6. The molecule has 23 heavy (non-hydrogen) atoms. The van der Waals surface area contributed by atoms with Crippen LogP contribution in [0.25, 0.3) is 0 Å². The van der Waals surface area contributed by atoms with E-state index in [4.69, 9.17) is 11.6 Å². The molecular weight excluding hydrogens is 333 g/mol. The van der Waals surface area contributed by atoms with E-state index in [0.717, 1.165) is 21.8 Å². The van der Waals surface area contributed by atoms with Gasteiger partial charge in [0.1, 0.15) is 6.54 Å². The van der Waals surface area contributed by atoms with Gasteiger partial charge >= 0.3 is 5.82 Å². The molecule has 0 spiro atoms. The minimum absolute atomic E-state index is 0.116. The first-order valence-corrected chi connectivity index (χ1v) is 6.70. The van der Waals surface area contributed by atoms with Gasteiger partial charge in [-0.2, -0.15) is 19.3 Å². The molecule has 2 aromatic rings. The molecule has 10 nitrogen and oxygen atoms in total. The number of aryl methyl sites for hydroxylation is 1. The number of aromatic nitrogens is 4. The molecule has 0 radical (unpaired) electrons. The number of rotatable bonds is 6. The van der Waals surface area contributed by atoms with Crippen LogP contribution in [0.1, 0.15) is 12.5 Å². The average Bonchev–Trinajstić information content (AvgIpc) is 3.02. The fourth-order valence-electron chi connectivity index (χ4n) is 1.64. The monoisotopic (exact) mass is 343 g/mol. The van der Waals surface area contributed by atoms with E-state index >= 15 is 0 Å². The third-order valence-corrected chi connectivity index (χ3v) is 2.94. The lowest BCUT2D eigenvalue weighted by molar-refractivity contribution is -0.389. The number of hydrazone groups is 1. The first kappa shape index (κ1) is 16.5. The Labute approximate surface area is 133 Å². The molecule has 2 rings (SSSR count). The third-order valence-electron chi connectivity index (χ3n) is 2.67. The average molecular weight is 344 g/mol. The van der Waals surface area contributed by atoms with Gasteiger partial charge in [-0.15, -0.1) is 0 Å². The van der Waals surface area contributed by atoms with Crippen LogP contribution in [-0.2, 0) is 17.9 Å². The van der Waals surface area contributed by atoms with Gasteiger partial charge in [0, 0.05) is 6.54 Å². The van der Waals surface area contributed by atoms with Gasteiger partial charge in [-0.25, -0.2) is 10.1 Å². The summed E-state index contributed by atoms with van der Waals surface area (Å²) in [5, 5.41) is 21.3. The molecule has 1 amide bonds. The highest BCUT2D eigenvalue weighted by molar-refractivity contribution is 6.32. The van der Waals surface area contributed by atoms with Gasteiger partial charge in [0.2, 0.25) is 5.95 Å². The zero-order chi connectivity index (χ0) is 17.0. The summed E-state index contributed by atoms with van der Waals surface area (Å²) in [6.07, 6.45) is 3.52.